The summed E-state index contributed by atoms with van der Waals surface area (Å²) in [5.41, 5.74) is 1.05. The number of nitrogens with zero attached hydrogens (tertiary/aromatic N) is 1. The molecule has 2 aromatic carbocycles. The minimum atomic E-state index is -3.74. The highest BCUT2D eigenvalue weighted by atomic mass is 35.5. The van der Waals surface area contributed by atoms with Crippen molar-refractivity contribution in [2.45, 2.75) is 4.90 Å². The van der Waals surface area contributed by atoms with Gasteiger partial charge in [-0.2, -0.15) is 0 Å². The molecule has 10 heteroatoms. The van der Waals surface area contributed by atoms with Gasteiger partial charge in [0.2, 0.25) is 5.91 Å². The zero-order chi connectivity index (χ0) is 20.1. The fourth-order valence-corrected chi connectivity index (χ4v) is 4.32. The van der Waals surface area contributed by atoms with E-state index < -0.39 is 15.9 Å². The number of amides is 1. The topological polar surface area (TPSA) is 88.2 Å². The first-order chi connectivity index (χ1) is 13.3. The molecule has 0 aliphatic rings. The molecule has 1 amide bonds. The minimum Gasteiger partial charge on any atom is -0.323 e. The van der Waals surface area contributed by atoms with E-state index in [1.54, 1.807) is 29.7 Å². The molecule has 0 fully saturated rings. The normalized spacial score (nSPS) is 11.5. The standard InChI is InChI=1S/C18H13Cl2N3O3S2/c19-15-3-1-2-12(17(15)20)4-9-16(24)22-13-5-7-14(8-6-13)28(25,26)23-18-21-10-11-27-18/h1-11H,(H,21,23)(H,22,24). The summed E-state index contributed by atoms with van der Waals surface area (Å²) in [7, 11) is -3.74. The van der Waals surface area contributed by atoms with Gasteiger partial charge < -0.3 is 5.32 Å². The van der Waals surface area contributed by atoms with E-state index in [2.05, 4.69) is 15.0 Å². The number of anilines is 2. The minimum absolute atomic E-state index is 0.0574. The summed E-state index contributed by atoms with van der Waals surface area (Å²) in [5, 5.41) is 5.34. The molecule has 2 N–H and O–H groups in total. The quantitative estimate of drug-likeness (QED) is 0.519. The van der Waals surface area contributed by atoms with Gasteiger partial charge in [0, 0.05) is 23.3 Å². The van der Waals surface area contributed by atoms with Crippen LogP contribution < -0.4 is 10.0 Å². The van der Waals surface area contributed by atoms with Crippen molar-refractivity contribution in [3.63, 3.8) is 0 Å². The monoisotopic (exact) mass is 453 g/mol. The number of halogens is 2. The zero-order valence-corrected chi connectivity index (χ0v) is 17.2. The number of hydrogen-bond acceptors (Lipinski definition) is 5. The molecule has 1 heterocycles. The van der Waals surface area contributed by atoms with E-state index in [1.165, 1.54) is 47.9 Å². The lowest BCUT2D eigenvalue weighted by atomic mass is 10.2. The number of nitrogens with one attached hydrogen (secondary N) is 2. The molecule has 3 aromatic rings. The van der Waals surface area contributed by atoms with E-state index in [9.17, 15) is 13.2 Å². The lowest BCUT2D eigenvalue weighted by Gasteiger charge is -2.07. The summed E-state index contributed by atoms with van der Waals surface area (Å²) in [6, 6.07) is 10.9. The maximum absolute atomic E-state index is 12.3. The number of sulfonamides is 1. The molecule has 0 aliphatic heterocycles. The number of benzene rings is 2. The fraction of sp³-hybridized carbons (Fsp3) is 0. The van der Waals surface area contributed by atoms with Gasteiger partial charge in [-0.25, -0.2) is 13.4 Å². The summed E-state index contributed by atoms with van der Waals surface area (Å²) < 4.78 is 27.0. The second-order valence-electron chi connectivity index (χ2n) is 5.43. The average Bonchev–Trinajstić information content (AvgIpc) is 3.16. The Morgan fingerprint density at radius 2 is 1.86 bits per heavy atom. The molecule has 0 unspecified atom stereocenters. The third kappa shape index (κ3) is 5.11. The molecule has 0 spiro atoms. The van der Waals surface area contributed by atoms with E-state index in [4.69, 9.17) is 23.2 Å². The van der Waals surface area contributed by atoms with Crippen LogP contribution in [0.4, 0.5) is 10.8 Å². The van der Waals surface area contributed by atoms with E-state index in [1.807, 2.05) is 0 Å². The van der Waals surface area contributed by atoms with Crippen LogP contribution in [0, 0.1) is 0 Å². The summed E-state index contributed by atoms with van der Waals surface area (Å²) >= 11 is 13.2. The van der Waals surface area contributed by atoms with Crippen molar-refractivity contribution < 1.29 is 13.2 Å². The zero-order valence-electron chi connectivity index (χ0n) is 14.1. The van der Waals surface area contributed by atoms with Crippen molar-refractivity contribution in [1.82, 2.24) is 4.98 Å². The van der Waals surface area contributed by atoms with Crippen molar-refractivity contribution in [2.24, 2.45) is 0 Å². The fourth-order valence-electron chi connectivity index (χ4n) is 2.16. The molecular weight excluding hydrogens is 441 g/mol. The Labute approximate surface area is 175 Å². The second-order valence-corrected chi connectivity index (χ2v) is 8.79. The Kier molecular flexibility index (Phi) is 6.35. The van der Waals surface area contributed by atoms with Crippen LogP contribution >= 0.6 is 34.5 Å². The van der Waals surface area contributed by atoms with Gasteiger partial charge in [0.1, 0.15) is 0 Å². The molecule has 0 aliphatic carbocycles. The van der Waals surface area contributed by atoms with Crippen LogP contribution in [-0.4, -0.2) is 19.3 Å². The SMILES string of the molecule is O=C(C=Cc1cccc(Cl)c1Cl)Nc1ccc(S(=O)(=O)Nc2nccs2)cc1. The Morgan fingerprint density at radius 1 is 1.11 bits per heavy atom. The van der Waals surface area contributed by atoms with Gasteiger partial charge >= 0.3 is 0 Å². The number of thiazole rings is 1. The predicted octanol–water partition coefficient (Wildman–Crippen LogP) is 4.90. The Morgan fingerprint density at radius 3 is 2.54 bits per heavy atom. The van der Waals surface area contributed by atoms with E-state index in [0.29, 0.717) is 21.3 Å². The van der Waals surface area contributed by atoms with Crippen LogP contribution in [0.2, 0.25) is 10.0 Å². The van der Waals surface area contributed by atoms with Gasteiger partial charge in [0.05, 0.1) is 14.9 Å². The van der Waals surface area contributed by atoms with Crippen LogP contribution in [0.1, 0.15) is 5.56 Å². The maximum atomic E-state index is 12.3. The first-order valence-electron chi connectivity index (χ1n) is 7.80. The van der Waals surface area contributed by atoms with Gasteiger partial charge in [-0.1, -0.05) is 35.3 Å². The van der Waals surface area contributed by atoms with Gasteiger partial charge in [-0.05, 0) is 42.0 Å². The molecule has 0 saturated heterocycles. The molecule has 28 heavy (non-hydrogen) atoms. The van der Waals surface area contributed by atoms with Crippen LogP contribution in [0.3, 0.4) is 0 Å². The van der Waals surface area contributed by atoms with E-state index in [0.717, 1.165) is 0 Å². The highest BCUT2D eigenvalue weighted by Crippen LogP contribution is 2.26. The van der Waals surface area contributed by atoms with Gasteiger partial charge in [-0.3, -0.25) is 9.52 Å². The largest absolute Gasteiger partial charge is 0.323 e. The number of hydrogen-bond donors (Lipinski definition) is 2. The highest BCUT2D eigenvalue weighted by Gasteiger charge is 2.15. The second kappa shape index (κ2) is 8.74. The van der Waals surface area contributed by atoms with Crippen molar-refractivity contribution in [2.75, 3.05) is 10.0 Å². The van der Waals surface area contributed by atoms with Gasteiger partial charge in [-0.15, -0.1) is 11.3 Å². The van der Waals surface area contributed by atoms with E-state index in [-0.39, 0.29) is 10.0 Å². The predicted molar refractivity (Wildman–Crippen MR) is 113 cm³/mol. The molecule has 0 atom stereocenters. The number of aromatic nitrogens is 1. The molecule has 1 aromatic heterocycles. The molecule has 6 nitrogen and oxygen atoms in total. The summed E-state index contributed by atoms with van der Waals surface area (Å²) in [6.07, 6.45) is 4.36. The smallest absolute Gasteiger partial charge is 0.263 e. The molecule has 3 rings (SSSR count). The Bertz CT molecular complexity index is 1110. The van der Waals surface area contributed by atoms with Gasteiger partial charge in [0.15, 0.2) is 5.13 Å². The summed E-state index contributed by atoms with van der Waals surface area (Å²) in [6.45, 7) is 0. The molecule has 0 saturated carbocycles. The van der Waals surface area contributed by atoms with Crippen molar-refractivity contribution in [3.05, 3.63) is 75.7 Å². The number of carbonyl (C=O) groups excluding carboxylic acids is 1. The summed E-state index contributed by atoms with van der Waals surface area (Å²) in [4.78, 5) is 16.0. The van der Waals surface area contributed by atoms with Crippen LogP contribution in [0.15, 0.2) is 65.0 Å². The Hall–Kier alpha value is -2.39. The lowest BCUT2D eigenvalue weighted by molar-refractivity contribution is -0.111. The molecular formula is C18H13Cl2N3O3S2. The molecule has 0 radical (unpaired) electrons. The number of carbonyl (C=O) groups is 1. The first kappa shape index (κ1) is 20.3. The van der Waals surface area contributed by atoms with Gasteiger partial charge in [0.25, 0.3) is 10.0 Å². The first-order valence-corrected chi connectivity index (χ1v) is 10.9. The molecule has 0 bridgehead atoms. The van der Waals surface area contributed by atoms with Crippen LogP contribution in [0.5, 0.6) is 0 Å². The highest BCUT2D eigenvalue weighted by molar-refractivity contribution is 7.93. The average molecular weight is 454 g/mol. The van der Waals surface area contributed by atoms with Crippen molar-refractivity contribution in [3.8, 4) is 0 Å². The van der Waals surface area contributed by atoms with Crippen LogP contribution in [0.25, 0.3) is 6.08 Å². The molecule has 144 valence electrons. The maximum Gasteiger partial charge on any atom is 0.263 e. The van der Waals surface area contributed by atoms with Crippen molar-refractivity contribution in [1.29, 1.82) is 0 Å². The third-order valence-corrected chi connectivity index (χ3v) is 6.49. The van der Waals surface area contributed by atoms with Crippen LogP contribution in [-0.2, 0) is 14.8 Å². The lowest BCUT2D eigenvalue weighted by Crippen LogP contribution is -2.13. The number of rotatable bonds is 6. The van der Waals surface area contributed by atoms with Crippen molar-refractivity contribution >= 4 is 67.4 Å². The third-order valence-electron chi connectivity index (χ3n) is 3.48. The summed E-state index contributed by atoms with van der Waals surface area (Å²) in [5.74, 6) is -0.396. The Balaban J connectivity index is 1.66. The van der Waals surface area contributed by atoms with E-state index >= 15 is 0 Å².